The number of primary amides is 1. The number of esters is 1. The number of amides is 2. The molecule has 1 atom stereocenters. The third-order valence-corrected chi connectivity index (χ3v) is 5.21. The summed E-state index contributed by atoms with van der Waals surface area (Å²) in [6.45, 7) is 0.366. The molecular weight excluding hydrogens is 386 g/mol. The number of para-hydroxylation sites is 1. The number of carbonyl (C=O) groups excluding carboxylic acids is 3. The van der Waals surface area contributed by atoms with Crippen LogP contribution in [0.2, 0.25) is 0 Å². The Bertz CT molecular complexity index is 1090. The van der Waals surface area contributed by atoms with Gasteiger partial charge < -0.3 is 19.8 Å². The molecule has 0 bridgehead atoms. The van der Waals surface area contributed by atoms with Crippen molar-refractivity contribution in [1.29, 1.82) is 0 Å². The molecule has 0 spiro atoms. The number of furan rings is 1. The van der Waals surface area contributed by atoms with Gasteiger partial charge in [0.15, 0.2) is 12.4 Å². The minimum Gasteiger partial charge on any atom is -0.463 e. The minimum absolute atomic E-state index is 0.256. The van der Waals surface area contributed by atoms with Crippen LogP contribution in [0.15, 0.2) is 53.1 Å². The Morgan fingerprint density at radius 2 is 2.03 bits per heavy atom. The quantitative estimate of drug-likeness (QED) is 0.649. The van der Waals surface area contributed by atoms with Gasteiger partial charge in [0.25, 0.3) is 5.91 Å². The Morgan fingerprint density at radius 1 is 1.20 bits per heavy atom. The van der Waals surface area contributed by atoms with E-state index < -0.39 is 18.5 Å². The number of benzene rings is 1. The third kappa shape index (κ3) is 4.03. The molecule has 2 amide bonds. The van der Waals surface area contributed by atoms with Gasteiger partial charge in [-0.25, -0.2) is 9.78 Å². The first-order valence-electron chi connectivity index (χ1n) is 9.71. The number of hydrogen-bond donors (Lipinski definition) is 1. The van der Waals surface area contributed by atoms with Crippen LogP contribution >= 0.6 is 0 Å². The highest BCUT2D eigenvalue weighted by Crippen LogP contribution is 2.26. The summed E-state index contributed by atoms with van der Waals surface area (Å²) in [6.07, 6.45) is 2.88. The zero-order valence-electron chi connectivity index (χ0n) is 16.2. The van der Waals surface area contributed by atoms with Crippen molar-refractivity contribution < 1.29 is 23.5 Å². The second kappa shape index (κ2) is 8.36. The van der Waals surface area contributed by atoms with Crippen LogP contribution in [0.5, 0.6) is 0 Å². The Kier molecular flexibility index (Phi) is 5.47. The van der Waals surface area contributed by atoms with Crippen molar-refractivity contribution in [2.24, 2.45) is 11.7 Å². The number of hydrogen-bond acceptors (Lipinski definition) is 6. The SMILES string of the molecule is NC(=O)[C@H]1CCCN(C(=O)COC(=O)c2cc(-c3ccco3)nc3ccccc23)C1. The number of ether oxygens (including phenoxy) is 1. The maximum absolute atomic E-state index is 12.8. The number of pyridine rings is 1. The van der Waals surface area contributed by atoms with Crippen LogP contribution < -0.4 is 5.73 Å². The van der Waals surface area contributed by atoms with Crippen LogP contribution in [-0.4, -0.2) is 47.4 Å². The van der Waals surface area contributed by atoms with Crippen molar-refractivity contribution in [3.63, 3.8) is 0 Å². The average Bonchev–Trinajstić information content (AvgIpc) is 3.31. The summed E-state index contributed by atoms with van der Waals surface area (Å²) in [4.78, 5) is 42.8. The fourth-order valence-corrected chi connectivity index (χ4v) is 3.63. The van der Waals surface area contributed by atoms with E-state index in [0.29, 0.717) is 47.3 Å². The largest absolute Gasteiger partial charge is 0.463 e. The predicted octanol–water partition coefficient (Wildman–Crippen LogP) is 2.38. The summed E-state index contributed by atoms with van der Waals surface area (Å²) in [7, 11) is 0. The van der Waals surface area contributed by atoms with Crippen molar-refractivity contribution in [1.82, 2.24) is 9.88 Å². The number of nitrogens with zero attached hydrogens (tertiary/aromatic N) is 2. The van der Waals surface area contributed by atoms with E-state index in [9.17, 15) is 14.4 Å². The molecule has 1 aromatic carbocycles. The van der Waals surface area contributed by atoms with Crippen LogP contribution in [-0.2, 0) is 14.3 Å². The minimum atomic E-state index is -0.627. The molecular formula is C22H21N3O5. The molecule has 2 N–H and O–H groups in total. The molecule has 3 heterocycles. The van der Waals surface area contributed by atoms with Gasteiger partial charge in [-0.05, 0) is 37.1 Å². The molecule has 2 aromatic heterocycles. The van der Waals surface area contributed by atoms with Gasteiger partial charge in [-0.2, -0.15) is 0 Å². The van der Waals surface area contributed by atoms with Gasteiger partial charge >= 0.3 is 5.97 Å². The summed E-state index contributed by atoms with van der Waals surface area (Å²) < 4.78 is 10.7. The lowest BCUT2D eigenvalue weighted by Gasteiger charge is -2.31. The first kappa shape index (κ1) is 19.6. The van der Waals surface area contributed by atoms with E-state index in [4.69, 9.17) is 14.9 Å². The third-order valence-electron chi connectivity index (χ3n) is 5.21. The zero-order valence-corrected chi connectivity index (χ0v) is 16.2. The first-order valence-corrected chi connectivity index (χ1v) is 9.71. The lowest BCUT2D eigenvalue weighted by molar-refractivity contribution is -0.137. The van der Waals surface area contributed by atoms with Crippen LogP contribution in [0.4, 0.5) is 0 Å². The van der Waals surface area contributed by atoms with Crippen LogP contribution in [0.3, 0.4) is 0 Å². The molecule has 0 saturated carbocycles. The highest BCUT2D eigenvalue weighted by molar-refractivity contribution is 6.05. The molecule has 8 nitrogen and oxygen atoms in total. The van der Waals surface area contributed by atoms with Crippen molar-refractivity contribution in [2.75, 3.05) is 19.7 Å². The standard InChI is InChI=1S/C22H21N3O5/c23-21(27)14-5-3-9-25(12-14)20(26)13-30-22(28)16-11-18(19-8-4-10-29-19)24-17-7-2-1-6-15(16)17/h1-2,4,6-8,10-11,14H,3,5,9,12-13H2,(H2,23,27)/t14-/m0/s1. The van der Waals surface area contributed by atoms with E-state index in [0.717, 1.165) is 0 Å². The monoisotopic (exact) mass is 407 g/mol. The number of carbonyl (C=O) groups is 3. The smallest absolute Gasteiger partial charge is 0.339 e. The highest BCUT2D eigenvalue weighted by atomic mass is 16.5. The fraction of sp³-hybridized carbons (Fsp3) is 0.273. The summed E-state index contributed by atoms with van der Waals surface area (Å²) in [5, 5.41) is 0.622. The molecule has 30 heavy (non-hydrogen) atoms. The Morgan fingerprint density at radius 3 is 2.80 bits per heavy atom. The first-order chi connectivity index (χ1) is 14.5. The lowest BCUT2D eigenvalue weighted by atomic mass is 9.97. The van der Waals surface area contributed by atoms with Gasteiger partial charge in [-0.15, -0.1) is 0 Å². The molecule has 3 aromatic rings. The van der Waals surface area contributed by atoms with E-state index in [1.807, 2.05) is 6.07 Å². The van der Waals surface area contributed by atoms with Crippen molar-refractivity contribution >= 4 is 28.7 Å². The number of rotatable bonds is 5. The molecule has 8 heteroatoms. The second-order valence-corrected chi connectivity index (χ2v) is 7.21. The number of nitrogens with two attached hydrogens (primary N) is 1. The van der Waals surface area contributed by atoms with Gasteiger partial charge in [-0.1, -0.05) is 18.2 Å². The van der Waals surface area contributed by atoms with Crippen molar-refractivity contribution in [3.8, 4) is 11.5 Å². The normalized spacial score (nSPS) is 16.4. The molecule has 1 fully saturated rings. The predicted molar refractivity (Wildman–Crippen MR) is 108 cm³/mol. The van der Waals surface area contributed by atoms with E-state index in [1.165, 1.54) is 11.2 Å². The molecule has 154 valence electrons. The number of fused-ring (bicyclic) bond motifs is 1. The summed E-state index contributed by atoms with van der Waals surface area (Å²) in [5.41, 5.74) is 6.77. The van der Waals surface area contributed by atoms with Crippen LogP contribution in [0, 0.1) is 5.92 Å². The fourth-order valence-electron chi connectivity index (χ4n) is 3.63. The van der Waals surface area contributed by atoms with E-state index >= 15 is 0 Å². The van der Waals surface area contributed by atoms with Gasteiger partial charge in [0.05, 0.1) is 23.3 Å². The molecule has 0 aliphatic carbocycles. The molecule has 0 radical (unpaired) electrons. The van der Waals surface area contributed by atoms with Gasteiger partial charge in [0.2, 0.25) is 5.91 Å². The van der Waals surface area contributed by atoms with Crippen LogP contribution in [0.1, 0.15) is 23.2 Å². The Balaban J connectivity index is 1.52. The van der Waals surface area contributed by atoms with E-state index in [-0.39, 0.29) is 18.4 Å². The van der Waals surface area contributed by atoms with Gasteiger partial charge in [0, 0.05) is 18.5 Å². The number of likely N-dealkylation sites (tertiary alicyclic amines) is 1. The van der Waals surface area contributed by atoms with E-state index in [1.54, 1.807) is 36.4 Å². The second-order valence-electron chi connectivity index (χ2n) is 7.21. The molecule has 4 rings (SSSR count). The molecule has 0 unspecified atom stereocenters. The average molecular weight is 407 g/mol. The molecule has 1 saturated heterocycles. The maximum atomic E-state index is 12.8. The summed E-state index contributed by atoms with van der Waals surface area (Å²) >= 11 is 0. The zero-order chi connectivity index (χ0) is 21.1. The summed E-state index contributed by atoms with van der Waals surface area (Å²) in [6, 6.07) is 12.3. The van der Waals surface area contributed by atoms with Crippen molar-refractivity contribution in [3.05, 3.63) is 54.3 Å². The highest BCUT2D eigenvalue weighted by Gasteiger charge is 2.27. The van der Waals surface area contributed by atoms with Crippen LogP contribution in [0.25, 0.3) is 22.4 Å². The summed E-state index contributed by atoms with van der Waals surface area (Å²) in [5.74, 6) is -1.23. The lowest BCUT2D eigenvalue weighted by Crippen LogP contribution is -2.45. The molecule has 1 aliphatic heterocycles. The maximum Gasteiger partial charge on any atom is 0.339 e. The Labute approximate surface area is 172 Å². The van der Waals surface area contributed by atoms with Gasteiger partial charge in [-0.3, -0.25) is 9.59 Å². The van der Waals surface area contributed by atoms with E-state index in [2.05, 4.69) is 4.98 Å². The topological polar surface area (TPSA) is 116 Å². The molecule has 1 aliphatic rings. The van der Waals surface area contributed by atoms with Gasteiger partial charge in [0.1, 0.15) is 5.69 Å². The number of piperidine rings is 1. The Hall–Kier alpha value is -3.68. The van der Waals surface area contributed by atoms with Crippen molar-refractivity contribution in [2.45, 2.75) is 12.8 Å². The number of aromatic nitrogens is 1.